The second-order valence-corrected chi connectivity index (χ2v) is 3.08. The molecule has 0 unspecified atom stereocenters. The Bertz CT molecular complexity index is 462. The van der Waals surface area contributed by atoms with Crippen molar-refractivity contribution in [1.29, 1.82) is 0 Å². The van der Waals surface area contributed by atoms with E-state index < -0.39 is 0 Å². The van der Waals surface area contributed by atoms with Crippen LogP contribution in [-0.4, -0.2) is 4.98 Å². The van der Waals surface area contributed by atoms with E-state index in [1.165, 1.54) is 0 Å². The standard InChI is InChI=1S/C10H11N3O/c1-6-4-2-3-5-7(6)8-9(11)14-10(12)13-8/h2-5H,11H2,1H3,(H2,12,13). The van der Waals surface area contributed by atoms with Crippen LogP contribution in [0.1, 0.15) is 5.56 Å². The van der Waals surface area contributed by atoms with Crippen LogP contribution < -0.4 is 11.5 Å². The lowest BCUT2D eigenvalue weighted by atomic mass is 10.1. The van der Waals surface area contributed by atoms with Gasteiger partial charge in [0, 0.05) is 5.56 Å². The van der Waals surface area contributed by atoms with Crippen molar-refractivity contribution in [3.8, 4) is 11.3 Å². The van der Waals surface area contributed by atoms with Gasteiger partial charge in [-0.05, 0) is 12.5 Å². The molecule has 0 aliphatic rings. The minimum Gasteiger partial charge on any atom is -0.407 e. The fourth-order valence-corrected chi connectivity index (χ4v) is 1.38. The molecule has 2 rings (SSSR count). The molecular formula is C10H11N3O. The molecule has 4 heteroatoms. The average Bonchev–Trinajstić information content (AvgIpc) is 2.46. The Morgan fingerprint density at radius 2 is 1.93 bits per heavy atom. The molecule has 1 aromatic heterocycles. The Kier molecular flexibility index (Phi) is 1.89. The summed E-state index contributed by atoms with van der Waals surface area (Å²) in [5.74, 6) is 0.261. The van der Waals surface area contributed by atoms with Gasteiger partial charge in [-0.15, -0.1) is 0 Å². The van der Waals surface area contributed by atoms with Gasteiger partial charge in [0.25, 0.3) is 6.01 Å². The first-order valence-electron chi connectivity index (χ1n) is 4.26. The van der Waals surface area contributed by atoms with Gasteiger partial charge in [-0.1, -0.05) is 24.3 Å². The summed E-state index contributed by atoms with van der Waals surface area (Å²) >= 11 is 0. The number of nitrogen functional groups attached to an aromatic ring is 2. The Morgan fingerprint density at radius 3 is 2.50 bits per heavy atom. The first-order valence-corrected chi connectivity index (χ1v) is 4.26. The summed E-state index contributed by atoms with van der Waals surface area (Å²) in [7, 11) is 0. The first-order chi connectivity index (χ1) is 6.68. The Balaban J connectivity index is 2.60. The summed E-state index contributed by atoms with van der Waals surface area (Å²) in [5, 5.41) is 0. The zero-order valence-corrected chi connectivity index (χ0v) is 7.82. The number of aromatic nitrogens is 1. The largest absolute Gasteiger partial charge is 0.407 e. The summed E-state index contributed by atoms with van der Waals surface area (Å²) in [5.41, 5.74) is 13.7. The molecule has 1 aromatic carbocycles. The molecule has 0 radical (unpaired) electrons. The molecule has 0 saturated carbocycles. The third-order valence-electron chi connectivity index (χ3n) is 2.07. The number of rotatable bonds is 1. The third-order valence-corrected chi connectivity index (χ3v) is 2.07. The number of oxazole rings is 1. The van der Waals surface area contributed by atoms with Crippen molar-refractivity contribution in [3.63, 3.8) is 0 Å². The average molecular weight is 189 g/mol. The van der Waals surface area contributed by atoms with Gasteiger partial charge in [-0.25, -0.2) is 0 Å². The number of aryl methyl sites for hydroxylation is 1. The van der Waals surface area contributed by atoms with E-state index in [9.17, 15) is 0 Å². The summed E-state index contributed by atoms with van der Waals surface area (Å²) in [6, 6.07) is 7.90. The number of hydrogen-bond acceptors (Lipinski definition) is 4. The molecule has 0 aliphatic heterocycles. The van der Waals surface area contributed by atoms with E-state index in [2.05, 4.69) is 4.98 Å². The van der Waals surface area contributed by atoms with Gasteiger partial charge in [-0.2, -0.15) is 4.98 Å². The third kappa shape index (κ3) is 1.31. The fourth-order valence-electron chi connectivity index (χ4n) is 1.38. The van der Waals surface area contributed by atoms with Crippen LogP contribution in [0.4, 0.5) is 11.9 Å². The predicted molar refractivity (Wildman–Crippen MR) is 55.5 cm³/mol. The zero-order valence-electron chi connectivity index (χ0n) is 7.82. The van der Waals surface area contributed by atoms with E-state index in [-0.39, 0.29) is 11.9 Å². The molecule has 0 aliphatic carbocycles. The highest BCUT2D eigenvalue weighted by Gasteiger charge is 2.11. The molecule has 0 spiro atoms. The maximum atomic E-state index is 5.63. The van der Waals surface area contributed by atoms with Gasteiger partial charge >= 0.3 is 0 Å². The SMILES string of the molecule is Cc1ccccc1-c1nc(N)oc1N. The van der Waals surface area contributed by atoms with Gasteiger partial charge in [-0.3, -0.25) is 0 Å². The number of benzene rings is 1. The fraction of sp³-hybridized carbons (Fsp3) is 0.100. The Morgan fingerprint density at radius 1 is 1.21 bits per heavy atom. The molecule has 1 heterocycles. The lowest BCUT2D eigenvalue weighted by molar-refractivity contribution is 0.600. The van der Waals surface area contributed by atoms with E-state index in [1.807, 2.05) is 31.2 Å². The van der Waals surface area contributed by atoms with E-state index >= 15 is 0 Å². The quantitative estimate of drug-likeness (QED) is 0.717. The zero-order chi connectivity index (χ0) is 10.1. The molecule has 0 saturated heterocycles. The second kappa shape index (κ2) is 3.06. The van der Waals surface area contributed by atoms with Crippen LogP contribution in [0.25, 0.3) is 11.3 Å². The van der Waals surface area contributed by atoms with Crippen molar-refractivity contribution in [1.82, 2.24) is 4.98 Å². The minimum absolute atomic E-state index is 0.0979. The lowest BCUT2D eigenvalue weighted by Crippen LogP contribution is -1.89. The van der Waals surface area contributed by atoms with Crippen LogP contribution >= 0.6 is 0 Å². The molecule has 0 atom stereocenters. The lowest BCUT2D eigenvalue weighted by Gasteiger charge is -2.00. The summed E-state index contributed by atoms with van der Waals surface area (Å²) in [4.78, 5) is 4.03. The minimum atomic E-state index is 0.0979. The smallest absolute Gasteiger partial charge is 0.294 e. The molecule has 0 amide bonds. The molecule has 4 nitrogen and oxygen atoms in total. The van der Waals surface area contributed by atoms with E-state index in [1.54, 1.807) is 0 Å². The molecular weight excluding hydrogens is 178 g/mol. The van der Waals surface area contributed by atoms with Gasteiger partial charge in [0.15, 0.2) is 0 Å². The van der Waals surface area contributed by atoms with Crippen molar-refractivity contribution in [3.05, 3.63) is 29.8 Å². The van der Waals surface area contributed by atoms with Crippen LogP contribution in [-0.2, 0) is 0 Å². The summed E-state index contributed by atoms with van der Waals surface area (Å²) < 4.78 is 4.97. The molecule has 0 bridgehead atoms. The number of anilines is 2. The molecule has 0 fully saturated rings. The maximum absolute atomic E-state index is 5.63. The van der Waals surface area contributed by atoms with Crippen molar-refractivity contribution in [2.45, 2.75) is 6.92 Å². The van der Waals surface area contributed by atoms with Crippen molar-refractivity contribution >= 4 is 11.9 Å². The monoisotopic (exact) mass is 189 g/mol. The van der Waals surface area contributed by atoms with Gasteiger partial charge in [0.2, 0.25) is 5.88 Å². The van der Waals surface area contributed by atoms with Crippen LogP contribution in [0.2, 0.25) is 0 Å². The topological polar surface area (TPSA) is 78.1 Å². The number of hydrogen-bond donors (Lipinski definition) is 2. The van der Waals surface area contributed by atoms with Gasteiger partial charge < -0.3 is 15.9 Å². The van der Waals surface area contributed by atoms with Crippen LogP contribution in [0.5, 0.6) is 0 Å². The molecule has 72 valence electrons. The highest BCUT2D eigenvalue weighted by molar-refractivity contribution is 5.72. The normalized spacial score (nSPS) is 10.4. The van der Waals surface area contributed by atoms with Crippen LogP contribution in [0.15, 0.2) is 28.7 Å². The van der Waals surface area contributed by atoms with Gasteiger partial charge in [0.05, 0.1) is 0 Å². The Labute approximate surface area is 81.5 Å². The first kappa shape index (κ1) is 8.62. The van der Waals surface area contributed by atoms with Crippen LogP contribution in [0.3, 0.4) is 0 Å². The highest BCUT2D eigenvalue weighted by atomic mass is 16.4. The molecule has 4 N–H and O–H groups in total. The van der Waals surface area contributed by atoms with Crippen LogP contribution in [0, 0.1) is 6.92 Å². The summed E-state index contributed by atoms with van der Waals surface area (Å²) in [6.45, 7) is 1.99. The second-order valence-electron chi connectivity index (χ2n) is 3.08. The number of nitrogens with zero attached hydrogens (tertiary/aromatic N) is 1. The van der Waals surface area contributed by atoms with Crippen molar-refractivity contribution < 1.29 is 4.42 Å². The van der Waals surface area contributed by atoms with Gasteiger partial charge in [0.1, 0.15) is 5.69 Å². The molecule has 14 heavy (non-hydrogen) atoms. The Hall–Kier alpha value is -1.97. The van der Waals surface area contributed by atoms with Crippen molar-refractivity contribution in [2.75, 3.05) is 11.5 Å². The van der Waals surface area contributed by atoms with E-state index in [4.69, 9.17) is 15.9 Å². The summed E-state index contributed by atoms with van der Waals surface area (Å²) in [6.07, 6.45) is 0. The highest BCUT2D eigenvalue weighted by Crippen LogP contribution is 2.28. The van der Waals surface area contributed by atoms with E-state index in [0.717, 1.165) is 11.1 Å². The maximum Gasteiger partial charge on any atom is 0.294 e. The predicted octanol–water partition coefficient (Wildman–Crippen LogP) is 1.81. The van der Waals surface area contributed by atoms with E-state index in [0.29, 0.717) is 5.69 Å². The molecule has 2 aromatic rings. The number of nitrogens with two attached hydrogens (primary N) is 2. The van der Waals surface area contributed by atoms with Crippen molar-refractivity contribution in [2.24, 2.45) is 0 Å².